The number of halogens is 2. The Bertz CT molecular complexity index is 1060. The molecule has 0 spiro atoms. The van der Waals surface area contributed by atoms with Crippen LogP contribution in [0.4, 0.5) is 5.82 Å². The summed E-state index contributed by atoms with van der Waals surface area (Å²) in [6, 6.07) is 13.2. The zero-order valence-electron chi connectivity index (χ0n) is 17.0. The molecule has 2 saturated heterocycles. The SMILES string of the molecule is O[C@H]1CN(c2ncnc3ccc(Cl)cc23)C[C@@H]1N1CCC(Oc2ccc(Cl)cc2)CC1. The van der Waals surface area contributed by atoms with E-state index >= 15 is 0 Å². The van der Waals surface area contributed by atoms with Gasteiger partial charge >= 0.3 is 0 Å². The fourth-order valence-corrected chi connectivity index (χ4v) is 4.90. The van der Waals surface area contributed by atoms with Gasteiger partial charge in [-0.15, -0.1) is 0 Å². The number of nitrogens with zero attached hydrogens (tertiary/aromatic N) is 4. The monoisotopic (exact) mass is 458 g/mol. The number of β-amino-alcohol motifs (C(OH)–C–C–N with tert-alkyl or cyclic N) is 1. The van der Waals surface area contributed by atoms with Crippen LogP contribution in [0.2, 0.25) is 10.0 Å². The highest BCUT2D eigenvalue weighted by atomic mass is 35.5. The molecule has 8 heteroatoms. The molecule has 2 atom stereocenters. The number of likely N-dealkylation sites (tertiary alicyclic amines) is 1. The summed E-state index contributed by atoms with van der Waals surface area (Å²) in [5.74, 6) is 1.68. The van der Waals surface area contributed by atoms with E-state index < -0.39 is 6.10 Å². The molecule has 0 aliphatic carbocycles. The van der Waals surface area contributed by atoms with Gasteiger partial charge in [0.25, 0.3) is 0 Å². The fraction of sp³-hybridized carbons (Fsp3) is 0.391. The van der Waals surface area contributed by atoms with Crippen molar-refractivity contribution in [2.24, 2.45) is 0 Å². The zero-order valence-corrected chi connectivity index (χ0v) is 18.5. The first-order chi connectivity index (χ1) is 15.1. The Labute approximate surface area is 191 Å². The maximum atomic E-state index is 10.8. The lowest BCUT2D eigenvalue weighted by Crippen LogP contribution is -2.49. The highest BCUT2D eigenvalue weighted by Crippen LogP contribution is 2.31. The molecule has 2 fully saturated rings. The molecule has 5 rings (SSSR count). The zero-order chi connectivity index (χ0) is 21.4. The van der Waals surface area contributed by atoms with Gasteiger partial charge in [0, 0.05) is 41.6 Å². The number of hydrogen-bond acceptors (Lipinski definition) is 6. The van der Waals surface area contributed by atoms with Gasteiger partial charge in [0.05, 0.1) is 17.7 Å². The maximum Gasteiger partial charge on any atom is 0.140 e. The average molecular weight is 459 g/mol. The number of piperidine rings is 1. The van der Waals surface area contributed by atoms with Crippen LogP contribution in [0.5, 0.6) is 5.75 Å². The minimum atomic E-state index is -0.432. The second-order valence-corrected chi connectivity index (χ2v) is 9.08. The molecule has 3 heterocycles. The van der Waals surface area contributed by atoms with E-state index in [9.17, 15) is 5.11 Å². The van der Waals surface area contributed by atoms with Crippen molar-refractivity contribution in [2.75, 3.05) is 31.1 Å². The van der Waals surface area contributed by atoms with Crippen LogP contribution in [-0.2, 0) is 0 Å². The van der Waals surface area contributed by atoms with E-state index in [0.29, 0.717) is 16.6 Å². The Kier molecular flexibility index (Phi) is 5.89. The van der Waals surface area contributed by atoms with Crippen molar-refractivity contribution >= 4 is 39.9 Å². The maximum absolute atomic E-state index is 10.8. The Balaban J connectivity index is 1.24. The minimum absolute atomic E-state index is 0.0701. The number of ether oxygens (including phenoxy) is 1. The van der Waals surface area contributed by atoms with E-state index in [1.807, 2.05) is 42.5 Å². The number of aliphatic hydroxyl groups is 1. The molecule has 0 saturated carbocycles. The van der Waals surface area contributed by atoms with Gasteiger partial charge in [0.2, 0.25) is 0 Å². The molecule has 0 unspecified atom stereocenters. The topological polar surface area (TPSA) is 61.7 Å². The summed E-state index contributed by atoms with van der Waals surface area (Å²) in [5, 5.41) is 13.1. The van der Waals surface area contributed by atoms with Gasteiger partial charge in [-0.25, -0.2) is 9.97 Å². The lowest BCUT2D eigenvalue weighted by Gasteiger charge is -2.36. The van der Waals surface area contributed by atoms with Crippen LogP contribution in [0.15, 0.2) is 48.8 Å². The molecule has 162 valence electrons. The van der Waals surface area contributed by atoms with E-state index in [1.165, 1.54) is 0 Å². The standard InChI is InChI=1S/C23H24Cl2N4O2/c24-15-1-4-17(5-2-15)31-18-7-9-28(10-8-18)21-12-29(13-22(21)30)23-19-11-16(25)3-6-20(19)26-14-27-23/h1-6,11,14,18,21-22,30H,7-10,12-13H2/t21-,22-/m0/s1. The van der Waals surface area contributed by atoms with E-state index in [4.69, 9.17) is 27.9 Å². The molecule has 0 radical (unpaired) electrons. The van der Waals surface area contributed by atoms with Gasteiger partial charge in [-0.2, -0.15) is 0 Å². The molecule has 2 aliphatic rings. The van der Waals surface area contributed by atoms with Gasteiger partial charge in [-0.1, -0.05) is 23.2 Å². The summed E-state index contributed by atoms with van der Waals surface area (Å²) < 4.78 is 6.11. The predicted molar refractivity (Wildman–Crippen MR) is 123 cm³/mol. The number of aliphatic hydroxyl groups excluding tert-OH is 1. The molecular formula is C23H24Cl2N4O2. The Morgan fingerprint density at radius 3 is 2.45 bits per heavy atom. The molecule has 2 aliphatic heterocycles. The van der Waals surface area contributed by atoms with Crippen molar-refractivity contribution in [1.82, 2.24) is 14.9 Å². The van der Waals surface area contributed by atoms with Crippen molar-refractivity contribution in [3.63, 3.8) is 0 Å². The third-order valence-electron chi connectivity index (χ3n) is 6.20. The van der Waals surface area contributed by atoms with Crippen molar-refractivity contribution in [3.05, 3.63) is 58.8 Å². The number of aromatic nitrogens is 2. The summed E-state index contributed by atoms with van der Waals surface area (Å²) in [7, 11) is 0. The first-order valence-electron chi connectivity index (χ1n) is 10.6. The molecule has 31 heavy (non-hydrogen) atoms. The molecule has 1 N–H and O–H groups in total. The first kappa shape index (κ1) is 20.8. The highest BCUT2D eigenvalue weighted by Gasteiger charge is 2.38. The smallest absolute Gasteiger partial charge is 0.140 e. The molecule has 0 bridgehead atoms. The summed E-state index contributed by atoms with van der Waals surface area (Å²) >= 11 is 12.2. The van der Waals surface area contributed by atoms with Crippen LogP contribution in [-0.4, -0.2) is 64.4 Å². The van der Waals surface area contributed by atoms with Crippen LogP contribution in [0, 0.1) is 0 Å². The summed E-state index contributed by atoms with van der Waals surface area (Å²) in [6.07, 6.45) is 3.18. The van der Waals surface area contributed by atoms with Crippen molar-refractivity contribution in [2.45, 2.75) is 31.1 Å². The number of benzene rings is 2. The largest absolute Gasteiger partial charge is 0.490 e. The van der Waals surface area contributed by atoms with Crippen LogP contribution in [0.3, 0.4) is 0 Å². The van der Waals surface area contributed by atoms with Gasteiger partial charge in [0.1, 0.15) is 24.0 Å². The van der Waals surface area contributed by atoms with Crippen molar-refractivity contribution < 1.29 is 9.84 Å². The minimum Gasteiger partial charge on any atom is -0.490 e. The van der Waals surface area contributed by atoms with Crippen molar-refractivity contribution in [3.8, 4) is 5.75 Å². The van der Waals surface area contributed by atoms with Gasteiger partial charge in [-0.05, 0) is 55.3 Å². The Morgan fingerprint density at radius 2 is 1.68 bits per heavy atom. The first-order valence-corrected chi connectivity index (χ1v) is 11.3. The molecule has 1 aromatic heterocycles. The van der Waals surface area contributed by atoms with Crippen LogP contribution in [0.1, 0.15) is 12.8 Å². The van der Waals surface area contributed by atoms with E-state index in [-0.39, 0.29) is 12.1 Å². The van der Waals surface area contributed by atoms with Gasteiger partial charge in [-0.3, -0.25) is 4.90 Å². The quantitative estimate of drug-likeness (QED) is 0.636. The number of anilines is 1. The molecule has 3 aromatic rings. The highest BCUT2D eigenvalue weighted by molar-refractivity contribution is 6.31. The lowest BCUT2D eigenvalue weighted by molar-refractivity contribution is 0.0364. The third-order valence-corrected chi connectivity index (χ3v) is 6.68. The number of hydrogen-bond donors (Lipinski definition) is 1. The van der Waals surface area contributed by atoms with Crippen molar-refractivity contribution in [1.29, 1.82) is 0 Å². The Morgan fingerprint density at radius 1 is 0.935 bits per heavy atom. The second kappa shape index (κ2) is 8.79. The summed E-state index contributed by atoms with van der Waals surface area (Å²) in [5.41, 5.74) is 0.854. The number of fused-ring (bicyclic) bond motifs is 1. The molecule has 6 nitrogen and oxygen atoms in total. The lowest BCUT2D eigenvalue weighted by atomic mass is 10.0. The summed E-state index contributed by atoms with van der Waals surface area (Å²) in [4.78, 5) is 13.4. The predicted octanol–water partition coefficient (Wildman–Crippen LogP) is 4.03. The average Bonchev–Trinajstić information content (AvgIpc) is 3.17. The van der Waals surface area contributed by atoms with Crippen LogP contribution < -0.4 is 9.64 Å². The number of rotatable bonds is 4. The fourth-order valence-electron chi connectivity index (χ4n) is 4.60. The molecular weight excluding hydrogens is 435 g/mol. The second-order valence-electron chi connectivity index (χ2n) is 8.21. The van der Waals surface area contributed by atoms with E-state index in [2.05, 4.69) is 19.8 Å². The van der Waals surface area contributed by atoms with E-state index in [1.54, 1.807) is 6.33 Å². The normalized spacial score (nSPS) is 22.9. The van der Waals surface area contributed by atoms with E-state index in [0.717, 1.165) is 54.9 Å². The molecule has 2 aromatic carbocycles. The molecule has 0 amide bonds. The van der Waals surface area contributed by atoms with Gasteiger partial charge in [0.15, 0.2) is 0 Å². The summed E-state index contributed by atoms with van der Waals surface area (Å²) in [6.45, 7) is 3.06. The van der Waals surface area contributed by atoms with Gasteiger partial charge < -0.3 is 14.7 Å². The Hall–Kier alpha value is -2.12. The van der Waals surface area contributed by atoms with Crippen LogP contribution >= 0.6 is 23.2 Å². The van der Waals surface area contributed by atoms with Crippen LogP contribution in [0.25, 0.3) is 10.9 Å². The third kappa shape index (κ3) is 4.44.